The van der Waals surface area contributed by atoms with Crippen LogP contribution < -0.4 is 5.32 Å². The Morgan fingerprint density at radius 1 is 1.38 bits per heavy atom. The van der Waals surface area contributed by atoms with Crippen molar-refractivity contribution in [3.63, 3.8) is 0 Å². The molecule has 132 valence electrons. The van der Waals surface area contributed by atoms with E-state index >= 15 is 0 Å². The lowest BCUT2D eigenvalue weighted by Crippen LogP contribution is -2.43. The summed E-state index contributed by atoms with van der Waals surface area (Å²) in [5.74, 6) is -0.595. The maximum Gasteiger partial charge on any atom is 0.311 e. The molecule has 3 atom stereocenters. The smallest absolute Gasteiger partial charge is 0.311 e. The van der Waals surface area contributed by atoms with E-state index in [0.717, 1.165) is 30.5 Å². The topological polar surface area (TPSA) is 69.6 Å². The van der Waals surface area contributed by atoms with Gasteiger partial charge in [-0.3, -0.25) is 14.5 Å². The van der Waals surface area contributed by atoms with Crippen molar-refractivity contribution in [2.24, 2.45) is 11.3 Å². The molecule has 1 saturated carbocycles. The number of nitrogens with one attached hydrogen (secondary N) is 1. The molecule has 1 heterocycles. The Balaban J connectivity index is 0.00000208. The Morgan fingerprint density at radius 2 is 2.08 bits per heavy atom. The minimum Gasteiger partial charge on any atom is -0.481 e. The minimum absolute atomic E-state index is 0. The van der Waals surface area contributed by atoms with Crippen LogP contribution in [0.2, 0.25) is 0 Å². The van der Waals surface area contributed by atoms with Crippen LogP contribution in [-0.4, -0.2) is 41.0 Å². The van der Waals surface area contributed by atoms with E-state index in [4.69, 9.17) is 0 Å². The lowest BCUT2D eigenvalue weighted by Gasteiger charge is -2.26. The van der Waals surface area contributed by atoms with Crippen molar-refractivity contribution in [3.05, 3.63) is 29.8 Å². The maximum atomic E-state index is 12.5. The number of aliphatic carboxylic acids is 1. The van der Waals surface area contributed by atoms with Crippen molar-refractivity contribution in [1.82, 2.24) is 4.90 Å². The van der Waals surface area contributed by atoms with Crippen molar-refractivity contribution < 1.29 is 14.7 Å². The second-order valence-corrected chi connectivity index (χ2v) is 6.96. The number of hydrogen-bond acceptors (Lipinski definition) is 3. The van der Waals surface area contributed by atoms with E-state index in [1.165, 1.54) is 0 Å². The highest BCUT2D eigenvalue weighted by atomic mass is 35.5. The van der Waals surface area contributed by atoms with Crippen molar-refractivity contribution in [1.29, 1.82) is 0 Å². The third-order valence-corrected chi connectivity index (χ3v) is 5.65. The number of fused-ring (bicyclic) bond motifs is 1. The molecule has 5 nitrogen and oxygen atoms in total. The van der Waals surface area contributed by atoms with Gasteiger partial charge in [0.05, 0.1) is 11.5 Å². The van der Waals surface area contributed by atoms with Gasteiger partial charge in [0.15, 0.2) is 0 Å². The first kappa shape index (κ1) is 18.7. The summed E-state index contributed by atoms with van der Waals surface area (Å²) >= 11 is 0. The zero-order valence-electron chi connectivity index (χ0n) is 14.1. The lowest BCUT2D eigenvalue weighted by molar-refractivity contribution is -0.149. The molecule has 0 radical (unpaired) electrons. The largest absolute Gasteiger partial charge is 0.481 e. The molecule has 0 aromatic heterocycles. The van der Waals surface area contributed by atoms with E-state index in [1.807, 2.05) is 43.0 Å². The van der Waals surface area contributed by atoms with Gasteiger partial charge in [-0.15, -0.1) is 12.4 Å². The molecule has 1 saturated heterocycles. The van der Waals surface area contributed by atoms with E-state index in [2.05, 4.69) is 5.32 Å². The van der Waals surface area contributed by atoms with Gasteiger partial charge >= 0.3 is 5.97 Å². The molecular weight excluding hydrogens is 328 g/mol. The Kier molecular flexibility index (Phi) is 5.56. The molecule has 1 aliphatic carbocycles. The highest BCUT2D eigenvalue weighted by Crippen LogP contribution is 2.49. The van der Waals surface area contributed by atoms with Gasteiger partial charge in [-0.25, -0.2) is 0 Å². The molecular formula is C18H25ClN2O3. The van der Waals surface area contributed by atoms with Gasteiger partial charge in [0.25, 0.3) is 0 Å². The zero-order chi connectivity index (χ0) is 16.6. The fraction of sp³-hybridized carbons (Fsp3) is 0.556. The average Bonchev–Trinajstić information content (AvgIpc) is 3.06. The third kappa shape index (κ3) is 3.15. The molecule has 1 aliphatic heterocycles. The quantitative estimate of drug-likeness (QED) is 0.874. The van der Waals surface area contributed by atoms with Crippen molar-refractivity contribution in [2.45, 2.75) is 39.2 Å². The molecule has 6 heteroatoms. The Labute approximate surface area is 148 Å². The first-order valence-electron chi connectivity index (χ1n) is 8.28. The van der Waals surface area contributed by atoms with Crippen LogP contribution in [0, 0.1) is 18.3 Å². The molecule has 0 spiro atoms. The van der Waals surface area contributed by atoms with Crippen LogP contribution in [-0.2, 0) is 9.59 Å². The van der Waals surface area contributed by atoms with E-state index in [1.54, 1.807) is 0 Å². The van der Waals surface area contributed by atoms with Gasteiger partial charge in [-0.05, 0) is 44.2 Å². The van der Waals surface area contributed by atoms with Gasteiger partial charge in [-0.1, -0.05) is 24.6 Å². The summed E-state index contributed by atoms with van der Waals surface area (Å²) in [6.07, 6.45) is 2.67. The van der Waals surface area contributed by atoms with Crippen molar-refractivity contribution in [3.8, 4) is 0 Å². The van der Waals surface area contributed by atoms with Crippen molar-refractivity contribution >= 4 is 30.0 Å². The number of carboxylic acid groups (broad SMARTS) is 1. The average molecular weight is 353 g/mol. The second kappa shape index (κ2) is 7.11. The lowest BCUT2D eigenvalue weighted by atomic mass is 9.81. The number of carboxylic acids is 1. The van der Waals surface area contributed by atoms with Crippen molar-refractivity contribution in [2.75, 3.05) is 18.4 Å². The number of aryl methyl sites for hydroxylation is 1. The maximum absolute atomic E-state index is 12.5. The van der Waals surface area contributed by atoms with E-state index in [-0.39, 0.29) is 30.3 Å². The molecule has 1 amide bonds. The highest BCUT2D eigenvalue weighted by Gasteiger charge is 2.55. The number of amides is 1. The summed E-state index contributed by atoms with van der Waals surface area (Å²) < 4.78 is 0. The number of carbonyl (C=O) groups excluding carboxylic acids is 1. The number of likely N-dealkylation sites (tertiary alicyclic amines) is 1. The number of nitrogens with zero attached hydrogens (tertiary/aromatic N) is 1. The molecule has 2 N–H and O–H groups in total. The summed E-state index contributed by atoms with van der Waals surface area (Å²) in [4.78, 5) is 26.3. The molecule has 2 aliphatic rings. The zero-order valence-corrected chi connectivity index (χ0v) is 14.9. The van der Waals surface area contributed by atoms with Crippen LogP contribution in [0.4, 0.5) is 5.69 Å². The number of halogens is 1. The number of carbonyl (C=O) groups is 2. The predicted octanol–water partition coefficient (Wildman–Crippen LogP) is 2.93. The Morgan fingerprint density at radius 3 is 2.71 bits per heavy atom. The summed E-state index contributed by atoms with van der Waals surface area (Å²) in [5.41, 5.74) is 1.20. The summed E-state index contributed by atoms with van der Waals surface area (Å²) in [7, 11) is 0. The fourth-order valence-electron chi connectivity index (χ4n) is 4.09. The van der Waals surface area contributed by atoms with E-state index in [0.29, 0.717) is 13.1 Å². The van der Waals surface area contributed by atoms with Crippen LogP contribution in [0.5, 0.6) is 0 Å². The molecule has 24 heavy (non-hydrogen) atoms. The Bertz CT molecular complexity index is 636. The molecule has 1 aromatic carbocycles. The first-order chi connectivity index (χ1) is 10.9. The fourth-order valence-corrected chi connectivity index (χ4v) is 4.09. The number of benzene rings is 1. The number of anilines is 1. The van der Waals surface area contributed by atoms with Gasteiger partial charge in [0.2, 0.25) is 5.91 Å². The van der Waals surface area contributed by atoms with Gasteiger partial charge < -0.3 is 10.4 Å². The number of para-hydroxylation sites is 1. The monoisotopic (exact) mass is 352 g/mol. The van der Waals surface area contributed by atoms with Gasteiger partial charge in [0, 0.05) is 18.8 Å². The van der Waals surface area contributed by atoms with Gasteiger partial charge in [-0.2, -0.15) is 0 Å². The van der Waals surface area contributed by atoms with Crippen LogP contribution >= 0.6 is 12.4 Å². The van der Waals surface area contributed by atoms with E-state index in [9.17, 15) is 14.7 Å². The van der Waals surface area contributed by atoms with E-state index < -0.39 is 11.4 Å². The standard InChI is InChI=1S/C18H24N2O3.ClH/c1-12-6-3-4-8-15(12)19-16(21)13(2)20-10-14-7-5-9-18(14,11-20)17(22)23;/h3-4,6,8,13-14H,5,7,9-11H2,1-2H3,(H,19,21)(H,22,23);1H/t13?,14-,18+;/m0./s1. The highest BCUT2D eigenvalue weighted by molar-refractivity contribution is 5.95. The number of rotatable bonds is 4. The molecule has 2 fully saturated rings. The molecule has 0 bridgehead atoms. The van der Waals surface area contributed by atoms with Crippen LogP contribution in [0.15, 0.2) is 24.3 Å². The predicted molar refractivity (Wildman–Crippen MR) is 95.5 cm³/mol. The molecule has 1 unspecified atom stereocenters. The Hall–Kier alpha value is -1.59. The SMILES string of the molecule is Cc1ccccc1NC(=O)C(C)N1C[C@@H]2CCC[C@@]2(C(=O)O)C1.Cl. The second-order valence-electron chi connectivity index (χ2n) is 6.96. The molecule has 1 aromatic rings. The van der Waals surface area contributed by atoms with Crippen LogP contribution in [0.3, 0.4) is 0 Å². The summed E-state index contributed by atoms with van der Waals surface area (Å²) in [6.45, 7) is 5.01. The van der Waals surface area contributed by atoms with Crippen LogP contribution in [0.25, 0.3) is 0 Å². The molecule has 3 rings (SSSR count). The third-order valence-electron chi connectivity index (χ3n) is 5.65. The van der Waals surface area contributed by atoms with Gasteiger partial charge in [0.1, 0.15) is 0 Å². The minimum atomic E-state index is -0.700. The summed E-state index contributed by atoms with van der Waals surface area (Å²) in [6, 6.07) is 7.35. The summed E-state index contributed by atoms with van der Waals surface area (Å²) in [5, 5.41) is 12.6. The normalized spacial score (nSPS) is 27.2. The number of hydrogen-bond donors (Lipinski definition) is 2. The van der Waals surface area contributed by atoms with Crippen LogP contribution in [0.1, 0.15) is 31.7 Å². The first-order valence-corrected chi connectivity index (χ1v) is 8.28.